The van der Waals surface area contributed by atoms with Gasteiger partial charge >= 0.3 is 0 Å². The minimum atomic E-state index is -2.54. The molecule has 0 aliphatic rings. The lowest BCUT2D eigenvalue weighted by Crippen LogP contribution is -2.70. The van der Waals surface area contributed by atoms with Gasteiger partial charge in [0.05, 0.1) is 0 Å². The average molecular weight is 545 g/mol. The van der Waals surface area contributed by atoms with Gasteiger partial charge in [0.25, 0.3) is 8.32 Å². The van der Waals surface area contributed by atoms with E-state index in [2.05, 4.69) is 161 Å². The van der Waals surface area contributed by atoms with Gasteiger partial charge in [-0.1, -0.05) is 121 Å². The normalized spacial score (nSPS) is 12.3. The van der Waals surface area contributed by atoms with Gasteiger partial charge in [-0.2, -0.15) is 0 Å². The summed E-state index contributed by atoms with van der Waals surface area (Å²) < 4.78 is 13.0. The molecule has 0 aromatic heterocycles. The highest BCUT2D eigenvalue weighted by Gasteiger charge is 2.41. The monoisotopic (exact) mass is 544 g/mol. The van der Waals surface area contributed by atoms with Crippen LogP contribution in [0.3, 0.4) is 0 Å². The Morgan fingerprint density at radius 3 is 1.03 bits per heavy atom. The van der Waals surface area contributed by atoms with Gasteiger partial charge in [0, 0.05) is 0 Å². The zero-order valence-electron chi connectivity index (χ0n) is 22.6. The van der Waals surface area contributed by atoms with Gasteiger partial charge in [0.15, 0.2) is 26.4 Å². The molecule has 0 saturated carbocycles. The van der Waals surface area contributed by atoms with E-state index in [1.807, 2.05) is 0 Å². The predicted molar refractivity (Wildman–Crippen MR) is 167 cm³/mol. The highest BCUT2D eigenvalue weighted by Crippen LogP contribution is 2.12. The highest BCUT2D eigenvalue weighted by atomic mass is 28.4. The minimum absolute atomic E-state index is 0.885. The number of hydrogen-bond donors (Lipinski definition) is 0. The molecule has 0 aliphatic carbocycles. The number of benzene rings is 4. The molecule has 4 aromatic carbocycles. The van der Waals surface area contributed by atoms with E-state index in [9.17, 15) is 0 Å². The van der Waals surface area contributed by atoms with Crippen LogP contribution < -0.4 is 20.7 Å². The molecule has 2 nitrogen and oxygen atoms in total. The molecule has 0 N–H and O–H groups in total. The van der Waals surface area contributed by atoms with E-state index in [1.165, 1.54) is 20.7 Å². The SMILES string of the molecule is C[Si](C)(C)O[Si](C)(C)C.c1ccc([SiH2]O[Si](c2ccccc2)(c2ccccc2)c2ccccc2)cc1. The van der Waals surface area contributed by atoms with Crippen LogP contribution >= 0.6 is 0 Å². The van der Waals surface area contributed by atoms with Crippen LogP contribution in [-0.4, -0.2) is 34.7 Å². The third-order valence-corrected chi connectivity index (χ3v) is 16.9. The molecule has 0 unspecified atom stereocenters. The van der Waals surface area contributed by atoms with Gasteiger partial charge in [-0.25, -0.2) is 0 Å². The van der Waals surface area contributed by atoms with Gasteiger partial charge in [0.1, 0.15) is 0 Å². The zero-order chi connectivity index (χ0) is 26.1. The molecule has 6 heteroatoms. The second kappa shape index (κ2) is 12.8. The first kappa shape index (κ1) is 28.2. The van der Waals surface area contributed by atoms with E-state index >= 15 is 0 Å². The van der Waals surface area contributed by atoms with Crippen LogP contribution in [0, 0.1) is 0 Å². The maximum Gasteiger partial charge on any atom is 0.278 e. The summed E-state index contributed by atoms with van der Waals surface area (Å²) in [4.78, 5) is 0. The molecule has 0 heterocycles. The maximum absolute atomic E-state index is 7.05. The highest BCUT2D eigenvalue weighted by molar-refractivity contribution is 7.09. The van der Waals surface area contributed by atoms with E-state index in [1.54, 1.807) is 0 Å². The molecule has 36 heavy (non-hydrogen) atoms. The summed E-state index contributed by atoms with van der Waals surface area (Å²) in [7, 11) is -5.89. The summed E-state index contributed by atoms with van der Waals surface area (Å²) in [6, 6.07) is 43.0. The second-order valence-corrected chi connectivity index (χ2v) is 25.5. The van der Waals surface area contributed by atoms with Crippen LogP contribution in [0.25, 0.3) is 0 Å². The molecular formula is C30H40O2Si4. The van der Waals surface area contributed by atoms with Crippen molar-refractivity contribution in [2.24, 2.45) is 0 Å². The lowest BCUT2D eigenvalue weighted by Gasteiger charge is -2.33. The van der Waals surface area contributed by atoms with Crippen LogP contribution in [0.4, 0.5) is 0 Å². The minimum Gasteiger partial charge on any atom is -0.456 e. The molecule has 0 spiro atoms. The Balaban J connectivity index is 0.000000345. The first-order chi connectivity index (χ1) is 17.1. The molecule has 0 atom stereocenters. The van der Waals surface area contributed by atoms with E-state index < -0.39 is 34.7 Å². The summed E-state index contributed by atoms with van der Waals surface area (Å²) in [5.41, 5.74) is 0. The lowest BCUT2D eigenvalue weighted by atomic mass is 10.3. The first-order valence-electron chi connectivity index (χ1n) is 12.6. The predicted octanol–water partition coefficient (Wildman–Crippen LogP) is 4.75. The largest absolute Gasteiger partial charge is 0.456 e. The Morgan fingerprint density at radius 2 is 0.750 bits per heavy atom. The third-order valence-electron chi connectivity index (χ3n) is 5.45. The maximum atomic E-state index is 7.05. The molecule has 0 fully saturated rings. The average Bonchev–Trinajstić information content (AvgIpc) is 2.85. The van der Waals surface area contributed by atoms with Crippen molar-refractivity contribution in [2.45, 2.75) is 39.3 Å². The molecule has 4 aromatic rings. The number of rotatable bonds is 8. The van der Waals surface area contributed by atoms with Gasteiger partial charge < -0.3 is 8.23 Å². The van der Waals surface area contributed by atoms with Crippen molar-refractivity contribution in [3.63, 3.8) is 0 Å². The summed E-state index contributed by atoms with van der Waals surface area (Å²) in [6.45, 7) is 13.4. The van der Waals surface area contributed by atoms with Crippen molar-refractivity contribution >= 4 is 55.5 Å². The van der Waals surface area contributed by atoms with E-state index in [-0.39, 0.29) is 0 Å². The lowest BCUT2D eigenvalue weighted by molar-refractivity contribution is 0.559. The second-order valence-electron chi connectivity index (χ2n) is 10.9. The fraction of sp³-hybridized carbons (Fsp3) is 0.200. The number of hydrogen-bond acceptors (Lipinski definition) is 2. The van der Waals surface area contributed by atoms with Crippen molar-refractivity contribution < 1.29 is 8.23 Å². The summed E-state index contributed by atoms with van der Waals surface area (Å²) in [5.74, 6) is 0. The summed E-state index contributed by atoms with van der Waals surface area (Å²) >= 11 is 0. The molecular weight excluding hydrogens is 505 g/mol. The fourth-order valence-electron chi connectivity index (χ4n) is 4.45. The smallest absolute Gasteiger partial charge is 0.278 e. The molecule has 0 amide bonds. The first-order valence-corrected chi connectivity index (χ1v) is 22.7. The van der Waals surface area contributed by atoms with Crippen LogP contribution in [0.5, 0.6) is 0 Å². The molecule has 4 rings (SSSR count). The van der Waals surface area contributed by atoms with Crippen LogP contribution in [0.2, 0.25) is 39.3 Å². The van der Waals surface area contributed by atoms with Crippen LogP contribution in [-0.2, 0) is 8.23 Å². The standard InChI is InChI=1S/C24H22OSi2.C6H18OSi2/c1-5-13-21(14-6-1)26-25-27(22-15-7-2-8-16-22,23-17-9-3-10-18-23)24-19-11-4-12-20-24;1-8(2,3)7-9(4,5)6/h1-20H,26H2;1-6H3. The van der Waals surface area contributed by atoms with Crippen molar-refractivity contribution in [3.05, 3.63) is 121 Å². The van der Waals surface area contributed by atoms with Crippen molar-refractivity contribution in [2.75, 3.05) is 0 Å². The van der Waals surface area contributed by atoms with Crippen molar-refractivity contribution in [3.8, 4) is 0 Å². The summed E-state index contributed by atoms with van der Waals surface area (Å²) in [6.07, 6.45) is 0. The van der Waals surface area contributed by atoms with Crippen molar-refractivity contribution in [1.82, 2.24) is 0 Å². The van der Waals surface area contributed by atoms with Crippen molar-refractivity contribution in [1.29, 1.82) is 0 Å². The van der Waals surface area contributed by atoms with Gasteiger partial charge in [-0.15, -0.1) is 0 Å². The quantitative estimate of drug-likeness (QED) is 0.235. The Kier molecular flexibility index (Phi) is 10.0. The fourth-order valence-corrected chi connectivity index (χ4v) is 18.8. The Hall–Kier alpha value is -2.33. The van der Waals surface area contributed by atoms with Gasteiger partial charge in [-0.05, 0) is 60.0 Å². The Bertz CT molecular complexity index is 1050. The van der Waals surface area contributed by atoms with Crippen LogP contribution in [0.15, 0.2) is 121 Å². The van der Waals surface area contributed by atoms with Crippen LogP contribution in [0.1, 0.15) is 0 Å². The molecule has 0 aliphatic heterocycles. The third kappa shape index (κ3) is 8.37. The Morgan fingerprint density at radius 1 is 0.444 bits per heavy atom. The Labute approximate surface area is 223 Å². The van der Waals surface area contributed by atoms with Gasteiger partial charge in [-0.3, -0.25) is 0 Å². The molecule has 0 bridgehead atoms. The van der Waals surface area contributed by atoms with Gasteiger partial charge in [0.2, 0.25) is 0 Å². The topological polar surface area (TPSA) is 18.5 Å². The zero-order valence-corrected chi connectivity index (χ0v) is 27.0. The van der Waals surface area contributed by atoms with E-state index in [0.717, 1.165) is 0 Å². The van der Waals surface area contributed by atoms with E-state index in [4.69, 9.17) is 8.23 Å². The molecule has 188 valence electrons. The molecule has 0 saturated heterocycles. The van der Waals surface area contributed by atoms with E-state index in [0.29, 0.717) is 0 Å². The molecule has 0 radical (unpaired) electrons. The summed E-state index contributed by atoms with van der Waals surface area (Å²) in [5, 5.41) is 5.22.